The Kier molecular flexibility index (Phi) is 7.85. The smallest absolute Gasteiger partial charge is 0.238 e. The molecule has 2 aromatic rings. The highest BCUT2D eigenvalue weighted by Crippen LogP contribution is 2.14. The lowest BCUT2D eigenvalue weighted by Crippen LogP contribution is -2.38. The molecule has 0 unspecified atom stereocenters. The molecule has 0 spiro atoms. The van der Waals surface area contributed by atoms with Crippen molar-refractivity contribution in [1.29, 1.82) is 0 Å². The van der Waals surface area contributed by atoms with Crippen LogP contribution in [0.5, 0.6) is 5.75 Å². The van der Waals surface area contributed by atoms with Crippen molar-refractivity contribution >= 4 is 17.5 Å². The Labute approximate surface area is 178 Å². The molecule has 0 aliphatic carbocycles. The summed E-state index contributed by atoms with van der Waals surface area (Å²) in [6, 6.07) is 15.6. The Balaban J connectivity index is 1.42. The minimum atomic E-state index is -0.0156. The van der Waals surface area contributed by atoms with Gasteiger partial charge >= 0.3 is 0 Å². The lowest BCUT2D eigenvalue weighted by atomic mass is 10.1. The van der Waals surface area contributed by atoms with E-state index in [9.17, 15) is 9.59 Å². The van der Waals surface area contributed by atoms with Crippen LogP contribution in [0.25, 0.3) is 0 Å². The normalized spacial score (nSPS) is 14.8. The summed E-state index contributed by atoms with van der Waals surface area (Å²) in [5.74, 6) is 0.985. The molecule has 0 bridgehead atoms. The van der Waals surface area contributed by atoms with Crippen molar-refractivity contribution in [2.75, 3.05) is 45.2 Å². The average Bonchev–Trinajstić information content (AvgIpc) is 2.99. The first-order valence-electron chi connectivity index (χ1n) is 10.5. The summed E-state index contributed by atoms with van der Waals surface area (Å²) in [5.41, 5.74) is 3.11. The van der Waals surface area contributed by atoms with E-state index >= 15 is 0 Å². The van der Waals surface area contributed by atoms with Crippen molar-refractivity contribution in [2.24, 2.45) is 0 Å². The molecule has 3 rings (SSSR count). The van der Waals surface area contributed by atoms with Crippen LogP contribution in [0.1, 0.15) is 24.0 Å². The molecule has 2 amide bonds. The van der Waals surface area contributed by atoms with Crippen LogP contribution in [0.4, 0.5) is 5.69 Å². The first kappa shape index (κ1) is 21.8. The second-order valence-corrected chi connectivity index (χ2v) is 7.77. The zero-order valence-electron chi connectivity index (χ0n) is 17.9. The SMILES string of the molecule is COc1ccc(CCC(=O)N2CCCN(CC(=O)Nc3ccc(C)cc3)CC2)cc1. The monoisotopic (exact) mass is 409 g/mol. The van der Waals surface area contributed by atoms with Crippen LogP contribution < -0.4 is 10.1 Å². The third kappa shape index (κ3) is 6.59. The Morgan fingerprint density at radius 1 is 0.967 bits per heavy atom. The van der Waals surface area contributed by atoms with Crippen molar-refractivity contribution in [3.63, 3.8) is 0 Å². The van der Waals surface area contributed by atoms with Crippen molar-refractivity contribution in [2.45, 2.75) is 26.2 Å². The second kappa shape index (κ2) is 10.8. The first-order valence-corrected chi connectivity index (χ1v) is 10.5. The lowest BCUT2D eigenvalue weighted by Gasteiger charge is -2.22. The van der Waals surface area contributed by atoms with Crippen LogP contribution in [0, 0.1) is 6.92 Å². The summed E-state index contributed by atoms with van der Waals surface area (Å²) in [5, 5.41) is 2.95. The van der Waals surface area contributed by atoms with Crippen molar-refractivity contribution in [3.8, 4) is 5.75 Å². The summed E-state index contributed by atoms with van der Waals surface area (Å²) >= 11 is 0. The molecule has 30 heavy (non-hydrogen) atoms. The number of amides is 2. The maximum atomic E-state index is 12.6. The number of benzene rings is 2. The number of hydrogen-bond acceptors (Lipinski definition) is 4. The minimum Gasteiger partial charge on any atom is -0.497 e. The van der Waals surface area contributed by atoms with Gasteiger partial charge in [0, 0.05) is 38.3 Å². The summed E-state index contributed by atoms with van der Waals surface area (Å²) in [6.07, 6.45) is 2.11. The number of aryl methyl sites for hydroxylation is 2. The van der Waals surface area contributed by atoms with E-state index in [1.807, 2.05) is 60.4 Å². The molecule has 1 saturated heterocycles. The highest BCUT2D eigenvalue weighted by atomic mass is 16.5. The molecule has 2 aromatic carbocycles. The summed E-state index contributed by atoms with van der Waals surface area (Å²) in [7, 11) is 1.65. The molecular weight excluding hydrogens is 378 g/mol. The van der Waals surface area contributed by atoms with Gasteiger partial charge in [-0.1, -0.05) is 29.8 Å². The van der Waals surface area contributed by atoms with Gasteiger partial charge in [0.25, 0.3) is 0 Å². The molecule has 1 aliphatic heterocycles. The van der Waals surface area contributed by atoms with E-state index in [1.165, 1.54) is 0 Å². The van der Waals surface area contributed by atoms with Gasteiger partial charge in [0.05, 0.1) is 13.7 Å². The van der Waals surface area contributed by atoms with Gasteiger partial charge in [-0.25, -0.2) is 0 Å². The molecule has 1 fully saturated rings. The third-order valence-corrected chi connectivity index (χ3v) is 5.43. The molecule has 0 atom stereocenters. The minimum absolute atomic E-state index is 0.0156. The number of nitrogens with zero attached hydrogens (tertiary/aromatic N) is 2. The van der Waals surface area contributed by atoms with Gasteiger partial charge in [-0.3, -0.25) is 14.5 Å². The van der Waals surface area contributed by atoms with E-state index in [4.69, 9.17) is 4.74 Å². The topological polar surface area (TPSA) is 61.9 Å². The van der Waals surface area contributed by atoms with Gasteiger partial charge < -0.3 is 15.0 Å². The molecule has 0 aromatic heterocycles. The third-order valence-electron chi connectivity index (χ3n) is 5.43. The van der Waals surface area contributed by atoms with Crippen LogP contribution in [0.15, 0.2) is 48.5 Å². The summed E-state index contributed by atoms with van der Waals surface area (Å²) in [6.45, 7) is 5.32. The Bertz CT molecular complexity index is 834. The number of anilines is 1. The van der Waals surface area contributed by atoms with Crippen LogP contribution in [-0.2, 0) is 16.0 Å². The second-order valence-electron chi connectivity index (χ2n) is 7.77. The Morgan fingerprint density at radius 2 is 1.70 bits per heavy atom. The van der Waals surface area contributed by atoms with E-state index in [0.29, 0.717) is 19.5 Å². The van der Waals surface area contributed by atoms with Gasteiger partial charge in [0.1, 0.15) is 5.75 Å². The van der Waals surface area contributed by atoms with Crippen LogP contribution in [0.2, 0.25) is 0 Å². The Hall–Kier alpha value is -2.86. The maximum absolute atomic E-state index is 12.6. The fourth-order valence-corrected chi connectivity index (χ4v) is 3.62. The number of nitrogens with one attached hydrogen (secondary N) is 1. The number of carbonyl (C=O) groups excluding carboxylic acids is 2. The van der Waals surface area contributed by atoms with E-state index in [2.05, 4.69) is 10.2 Å². The van der Waals surface area contributed by atoms with Gasteiger partial charge in [-0.15, -0.1) is 0 Å². The molecule has 1 N–H and O–H groups in total. The Morgan fingerprint density at radius 3 is 2.40 bits per heavy atom. The average molecular weight is 410 g/mol. The van der Waals surface area contributed by atoms with E-state index in [0.717, 1.165) is 55.0 Å². The standard InChI is InChI=1S/C24H31N3O3/c1-19-4-9-21(10-5-19)25-23(28)18-26-14-3-15-27(17-16-26)24(29)13-8-20-6-11-22(30-2)12-7-20/h4-7,9-12H,3,8,13-18H2,1-2H3,(H,25,28). The van der Waals surface area contributed by atoms with E-state index < -0.39 is 0 Å². The predicted octanol–water partition coefficient (Wildman–Crippen LogP) is 3.11. The molecule has 6 nitrogen and oxygen atoms in total. The van der Waals surface area contributed by atoms with Gasteiger partial charge in [-0.2, -0.15) is 0 Å². The van der Waals surface area contributed by atoms with Crippen molar-refractivity contribution in [3.05, 3.63) is 59.7 Å². The van der Waals surface area contributed by atoms with Gasteiger partial charge in [0.2, 0.25) is 11.8 Å². The molecule has 6 heteroatoms. The highest BCUT2D eigenvalue weighted by Gasteiger charge is 2.20. The van der Waals surface area contributed by atoms with Gasteiger partial charge in [0.15, 0.2) is 0 Å². The number of ether oxygens (including phenoxy) is 1. The summed E-state index contributed by atoms with van der Waals surface area (Å²) < 4.78 is 5.17. The molecule has 0 radical (unpaired) electrons. The highest BCUT2D eigenvalue weighted by molar-refractivity contribution is 5.92. The molecule has 0 saturated carbocycles. The summed E-state index contributed by atoms with van der Waals surface area (Å²) in [4.78, 5) is 29.1. The van der Waals surface area contributed by atoms with Crippen LogP contribution in [-0.4, -0.2) is 61.4 Å². The molecular formula is C24H31N3O3. The maximum Gasteiger partial charge on any atom is 0.238 e. The number of methoxy groups -OCH3 is 1. The molecule has 1 aliphatic rings. The van der Waals surface area contributed by atoms with Crippen LogP contribution >= 0.6 is 0 Å². The zero-order valence-corrected chi connectivity index (χ0v) is 17.9. The largest absolute Gasteiger partial charge is 0.497 e. The molecule has 1 heterocycles. The lowest BCUT2D eigenvalue weighted by molar-refractivity contribution is -0.131. The number of hydrogen-bond donors (Lipinski definition) is 1. The molecule has 160 valence electrons. The van der Waals surface area contributed by atoms with E-state index in [-0.39, 0.29) is 11.8 Å². The zero-order chi connectivity index (χ0) is 21.3. The quantitative estimate of drug-likeness (QED) is 0.763. The van der Waals surface area contributed by atoms with E-state index in [1.54, 1.807) is 7.11 Å². The fourth-order valence-electron chi connectivity index (χ4n) is 3.62. The van der Waals surface area contributed by atoms with Gasteiger partial charge in [-0.05, 0) is 49.6 Å². The first-order chi connectivity index (χ1) is 14.5. The van der Waals surface area contributed by atoms with Crippen molar-refractivity contribution < 1.29 is 14.3 Å². The number of carbonyl (C=O) groups is 2. The van der Waals surface area contributed by atoms with Crippen molar-refractivity contribution in [1.82, 2.24) is 9.80 Å². The fraction of sp³-hybridized carbons (Fsp3) is 0.417. The van der Waals surface area contributed by atoms with Crippen LogP contribution in [0.3, 0.4) is 0 Å². The predicted molar refractivity (Wildman–Crippen MR) is 119 cm³/mol. The number of rotatable bonds is 7.